The molecule has 1 atom stereocenters. The van der Waals surface area contributed by atoms with Crippen LogP contribution in [-0.4, -0.2) is 7.05 Å². The van der Waals surface area contributed by atoms with Crippen molar-refractivity contribution in [3.05, 3.63) is 70.5 Å². The summed E-state index contributed by atoms with van der Waals surface area (Å²) < 4.78 is 13.6. The first-order valence-electron chi connectivity index (χ1n) is 7.37. The first kappa shape index (κ1) is 15.7. The number of rotatable bonds is 4. The van der Waals surface area contributed by atoms with Crippen molar-refractivity contribution in [2.45, 2.75) is 39.2 Å². The van der Waals surface area contributed by atoms with Crippen LogP contribution in [0, 0.1) is 19.7 Å². The second-order valence-electron chi connectivity index (χ2n) is 6.26. The van der Waals surface area contributed by atoms with E-state index in [1.54, 1.807) is 12.1 Å². The highest BCUT2D eigenvalue weighted by molar-refractivity contribution is 5.41. The van der Waals surface area contributed by atoms with Crippen molar-refractivity contribution in [3.63, 3.8) is 0 Å². The maximum atomic E-state index is 13.6. The zero-order valence-electron chi connectivity index (χ0n) is 13.5. The number of hydrogen-bond donors (Lipinski definition) is 1. The van der Waals surface area contributed by atoms with Crippen LogP contribution in [0.4, 0.5) is 4.39 Å². The van der Waals surface area contributed by atoms with Gasteiger partial charge >= 0.3 is 0 Å². The predicted octanol–water partition coefficient (Wildman–Crippen LogP) is 4.68. The van der Waals surface area contributed by atoms with E-state index < -0.39 is 0 Å². The summed E-state index contributed by atoms with van der Waals surface area (Å²) >= 11 is 0. The smallest absolute Gasteiger partial charge is 0.123 e. The molecule has 1 unspecified atom stereocenters. The van der Waals surface area contributed by atoms with E-state index >= 15 is 0 Å². The topological polar surface area (TPSA) is 12.0 Å². The van der Waals surface area contributed by atoms with E-state index in [0.717, 1.165) is 11.1 Å². The third-order valence-electron chi connectivity index (χ3n) is 4.38. The number of nitrogens with one attached hydrogen (secondary N) is 1. The van der Waals surface area contributed by atoms with Crippen LogP contribution in [0.25, 0.3) is 0 Å². The molecule has 0 aliphatic carbocycles. The SMILES string of the molecule is CNC(c1c(C)cc(F)cc1C)C(C)(C)c1ccccc1. The number of aryl methyl sites for hydroxylation is 2. The maximum Gasteiger partial charge on any atom is 0.123 e. The summed E-state index contributed by atoms with van der Waals surface area (Å²) in [6, 6.07) is 13.8. The van der Waals surface area contributed by atoms with Gasteiger partial charge in [0.05, 0.1) is 0 Å². The lowest BCUT2D eigenvalue weighted by Crippen LogP contribution is -2.36. The molecule has 21 heavy (non-hydrogen) atoms. The van der Waals surface area contributed by atoms with Crippen molar-refractivity contribution in [2.24, 2.45) is 0 Å². The van der Waals surface area contributed by atoms with Crippen LogP contribution in [0.3, 0.4) is 0 Å². The van der Waals surface area contributed by atoms with Crippen LogP contribution in [0.5, 0.6) is 0 Å². The van der Waals surface area contributed by atoms with Gasteiger partial charge in [-0.15, -0.1) is 0 Å². The third-order valence-corrected chi connectivity index (χ3v) is 4.38. The van der Waals surface area contributed by atoms with Crippen LogP contribution in [0.1, 0.15) is 42.1 Å². The van der Waals surface area contributed by atoms with Gasteiger partial charge in [0.25, 0.3) is 0 Å². The molecule has 0 amide bonds. The summed E-state index contributed by atoms with van der Waals surface area (Å²) in [5, 5.41) is 3.44. The Kier molecular flexibility index (Phi) is 4.48. The van der Waals surface area contributed by atoms with E-state index in [2.05, 4.69) is 43.4 Å². The van der Waals surface area contributed by atoms with E-state index in [-0.39, 0.29) is 17.3 Å². The fraction of sp³-hybridized carbons (Fsp3) is 0.368. The lowest BCUT2D eigenvalue weighted by atomic mass is 9.73. The molecule has 0 aromatic heterocycles. The highest BCUT2D eigenvalue weighted by atomic mass is 19.1. The van der Waals surface area contributed by atoms with Crippen molar-refractivity contribution in [1.82, 2.24) is 5.32 Å². The maximum absolute atomic E-state index is 13.6. The van der Waals surface area contributed by atoms with E-state index in [0.29, 0.717) is 0 Å². The van der Waals surface area contributed by atoms with Crippen molar-refractivity contribution in [1.29, 1.82) is 0 Å². The molecule has 2 aromatic carbocycles. The minimum absolute atomic E-state index is 0.0939. The lowest BCUT2D eigenvalue weighted by molar-refractivity contribution is 0.365. The fourth-order valence-electron chi connectivity index (χ4n) is 3.28. The molecular weight excluding hydrogens is 261 g/mol. The Hall–Kier alpha value is -1.67. The summed E-state index contributed by atoms with van der Waals surface area (Å²) in [5.74, 6) is -0.166. The molecule has 0 saturated carbocycles. The van der Waals surface area contributed by atoms with Gasteiger partial charge in [-0.05, 0) is 55.3 Å². The molecule has 0 aliphatic rings. The van der Waals surface area contributed by atoms with Crippen LogP contribution in [0.2, 0.25) is 0 Å². The van der Waals surface area contributed by atoms with Gasteiger partial charge in [-0.1, -0.05) is 44.2 Å². The van der Waals surface area contributed by atoms with Gasteiger partial charge in [-0.2, -0.15) is 0 Å². The molecule has 0 heterocycles. The monoisotopic (exact) mass is 285 g/mol. The van der Waals surface area contributed by atoms with Crippen molar-refractivity contribution < 1.29 is 4.39 Å². The second-order valence-corrected chi connectivity index (χ2v) is 6.26. The van der Waals surface area contributed by atoms with Gasteiger partial charge in [0.15, 0.2) is 0 Å². The summed E-state index contributed by atoms with van der Waals surface area (Å²) in [6.45, 7) is 8.42. The normalized spacial score (nSPS) is 13.2. The summed E-state index contributed by atoms with van der Waals surface area (Å²) in [7, 11) is 1.97. The van der Waals surface area contributed by atoms with Crippen molar-refractivity contribution in [3.8, 4) is 0 Å². The zero-order valence-corrected chi connectivity index (χ0v) is 13.5. The van der Waals surface area contributed by atoms with Crippen LogP contribution in [-0.2, 0) is 5.41 Å². The Morgan fingerprint density at radius 2 is 1.52 bits per heavy atom. The average Bonchev–Trinajstić information content (AvgIpc) is 2.43. The highest BCUT2D eigenvalue weighted by Crippen LogP contribution is 2.39. The molecule has 2 rings (SSSR count). The van der Waals surface area contributed by atoms with Gasteiger partial charge in [0.1, 0.15) is 5.82 Å². The Balaban J connectivity index is 2.55. The molecule has 0 spiro atoms. The lowest BCUT2D eigenvalue weighted by Gasteiger charge is -2.37. The minimum Gasteiger partial charge on any atom is -0.312 e. The Morgan fingerprint density at radius 1 is 1.00 bits per heavy atom. The van der Waals surface area contributed by atoms with E-state index in [1.807, 2.05) is 27.0 Å². The van der Waals surface area contributed by atoms with E-state index in [4.69, 9.17) is 0 Å². The zero-order chi connectivity index (χ0) is 15.6. The molecule has 1 N–H and O–H groups in total. The Bertz CT molecular complexity index is 594. The molecule has 0 fully saturated rings. The molecule has 0 aliphatic heterocycles. The quantitative estimate of drug-likeness (QED) is 0.860. The summed E-state index contributed by atoms with van der Waals surface area (Å²) in [6.07, 6.45) is 0. The van der Waals surface area contributed by atoms with Crippen molar-refractivity contribution >= 4 is 0 Å². The predicted molar refractivity (Wildman–Crippen MR) is 87.1 cm³/mol. The number of hydrogen-bond acceptors (Lipinski definition) is 1. The molecule has 2 aromatic rings. The van der Waals surface area contributed by atoms with E-state index in [9.17, 15) is 4.39 Å². The van der Waals surface area contributed by atoms with Crippen LogP contribution >= 0.6 is 0 Å². The minimum atomic E-state index is -0.166. The molecule has 112 valence electrons. The molecule has 1 nitrogen and oxygen atoms in total. The number of benzene rings is 2. The Labute approximate surface area is 127 Å². The van der Waals surface area contributed by atoms with Crippen molar-refractivity contribution in [2.75, 3.05) is 7.05 Å². The van der Waals surface area contributed by atoms with E-state index in [1.165, 1.54) is 11.1 Å². The molecule has 0 bridgehead atoms. The second kappa shape index (κ2) is 5.98. The van der Waals surface area contributed by atoms with Crippen LogP contribution < -0.4 is 5.32 Å². The molecule has 0 saturated heterocycles. The molecule has 0 radical (unpaired) electrons. The average molecular weight is 285 g/mol. The fourth-order valence-corrected chi connectivity index (χ4v) is 3.28. The molecular formula is C19H24FN. The van der Waals surface area contributed by atoms with Gasteiger partial charge in [0.2, 0.25) is 0 Å². The number of likely N-dealkylation sites (N-methyl/N-ethyl adjacent to an activating group) is 1. The largest absolute Gasteiger partial charge is 0.312 e. The summed E-state index contributed by atoms with van der Waals surface area (Å²) in [5.41, 5.74) is 4.36. The first-order valence-corrected chi connectivity index (χ1v) is 7.37. The van der Waals surface area contributed by atoms with Gasteiger partial charge in [-0.25, -0.2) is 4.39 Å². The first-order chi connectivity index (χ1) is 9.87. The third kappa shape index (κ3) is 3.01. The Morgan fingerprint density at radius 3 is 2.00 bits per heavy atom. The standard InChI is InChI=1S/C19H24FN/c1-13-11-16(20)12-14(2)17(13)18(21-5)19(3,4)15-9-7-6-8-10-15/h6-12,18,21H,1-5H3. The number of halogens is 1. The molecule has 2 heteroatoms. The van der Waals surface area contributed by atoms with Crippen LogP contribution in [0.15, 0.2) is 42.5 Å². The van der Waals surface area contributed by atoms with Gasteiger partial charge < -0.3 is 5.32 Å². The summed E-state index contributed by atoms with van der Waals surface area (Å²) in [4.78, 5) is 0. The van der Waals surface area contributed by atoms with Gasteiger partial charge in [-0.3, -0.25) is 0 Å². The van der Waals surface area contributed by atoms with Gasteiger partial charge in [0, 0.05) is 11.5 Å². The highest BCUT2D eigenvalue weighted by Gasteiger charge is 2.33.